The maximum atomic E-state index is 14.1. The van der Waals surface area contributed by atoms with Crippen molar-refractivity contribution in [3.05, 3.63) is 23.5 Å². The number of carbonyl (C=O) groups is 1. The van der Waals surface area contributed by atoms with Crippen LogP contribution in [0, 0.1) is 5.82 Å². The molecule has 1 saturated carbocycles. The fourth-order valence-corrected chi connectivity index (χ4v) is 4.75. The van der Waals surface area contributed by atoms with Crippen molar-refractivity contribution >= 4 is 25.6 Å². The summed E-state index contributed by atoms with van der Waals surface area (Å²) in [6.45, 7) is 0. The molecular weight excluding hydrogens is 323 g/mol. The monoisotopic (exact) mass is 336 g/mol. The fraction of sp³-hybridized carbons (Fsp3) is 0.417. The van der Waals surface area contributed by atoms with Crippen molar-refractivity contribution in [2.75, 3.05) is 12.5 Å². The van der Waals surface area contributed by atoms with E-state index >= 15 is 0 Å². The number of benzene rings is 1. The van der Waals surface area contributed by atoms with Crippen LogP contribution < -0.4 is 0 Å². The van der Waals surface area contributed by atoms with Gasteiger partial charge in [-0.2, -0.15) is 0 Å². The molecule has 6 nitrogen and oxygen atoms in total. The van der Waals surface area contributed by atoms with Crippen LogP contribution in [0.3, 0.4) is 0 Å². The molecule has 0 saturated heterocycles. The third kappa shape index (κ3) is 2.67. The highest BCUT2D eigenvalue weighted by Gasteiger charge is 2.52. The number of carboxylic acid groups (broad SMARTS) is 1. The second-order valence-electron chi connectivity index (χ2n) is 5.22. The molecule has 1 aromatic rings. The molecule has 0 radical (unpaired) electrons. The predicted octanol–water partition coefficient (Wildman–Crippen LogP) is 0.749. The van der Waals surface area contributed by atoms with E-state index in [2.05, 4.69) is 0 Å². The first-order chi connectivity index (χ1) is 9.39. The summed E-state index contributed by atoms with van der Waals surface area (Å²) in [4.78, 5) is 9.63. The smallest absolute Gasteiger partial charge is 0.314 e. The lowest BCUT2D eigenvalue weighted by Gasteiger charge is -2.15. The van der Waals surface area contributed by atoms with Gasteiger partial charge in [-0.1, -0.05) is 0 Å². The molecule has 0 unspecified atom stereocenters. The van der Waals surface area contributed by atoms with Crippen LogP contribution >= 0.6 is 0 Å². The molecule has 1 N–H and O–H groups in total. The first kappa shape index (κ1) is 15.9. The molecule has 0 aliphatic heterocycles. The van der Waals surface area contributed by atoms with Gasteiger partial charge in [0.15, 0.2) is 19.7 Å². The van der Waals surface area contributed by atoms with Gasteiger partial charge < -0.3 is 5.11 Å². The van der Waals surface area contributed by atoms with Crippen LogP contribution in [0.5, 0.6) is 0 Å². The Balaban J connectivity index is 2.84. The summed E-state index contributed by atoms with van der Waals surface area (Å²) in [5.41, 5.74) is -1.35. The zero-order valence-corrected chi connectivity index (χ0v) is 12.9. The molecule has 0 atom stereocenters. The molecule has 2 rings (SSSR count). The predicted molar refractivity (Wildman–Crippen MR) is 71.2 cm³/mol. The van der Waals surface area contributed by atoms with E-state index in [1.54, 1.807) is 0 Å². The van der Waals surface area contributed by atoms with E-state index in [-0.39, 0.29) is 18.4 Å². The van der Waals surface area contributed by atoms with E-state index in [1.807, 2.05) is 0 Å². The Morgan fingerprint density at radius 3 is 2.00 bits per heavy atom. The molecule has 116 valence electrons. The summed E-state index contributed by atoms with van der Waals surface area (Å²) in [6, 6.07) is 1.75. The first-order valence-electron chi connectivity index (χ1n) is 5.87. The van der Waals surface area contributed by atoms with Crippen molar-refractivity contribution in [2.24, 2.45) is 0 Å². The highest BCUT2D eigenvalue weighted by atomic mass is 32.2. The standard InChI is InChI=1S/C12H13FO6S2/c1-20(16,17)9-6-7(12(3-4-12)11(14)15)5-8(13)10(9)21(2,18)19/h5-6H,3-4H2,1-2H3,(H,14,15). The molecule has 1 aliphatic rings. The van der Waals surface area contributed by atoms with Crippen LogP contribution in [0.1, 0.15) is 18.4 Å². The van der Waals surface area contributed by atoms with Crippen molar-refractivity contribution in [3.63, 3.8) is 0 Å². The maximum absolute atomic E-state index is 14.1. The summed E-state index contributed by atoms with van der Waals surface area (Å²) in [7, 11) is -8.14. The van der Waals surface area contributed by atoms with Gasteiger partial charge in [0.1, 0.15) is 10.7 Å². The Labute approximate surface area is 121 Å². The average molecular weight is 336 g/mol. The van der Waals surface area contributed by atoms with Gasteiger partial charge in [-0.3, -0.25) is 4.79 Å². The number of hydrogen-bond acceptors (Lipinski definition) is 5. The van der Waals surface area contributed by atoms with Crippen LogP contribution in [0.25, 0.3) is 0 Å². The van der Waals surface area contributed by atoms with Crippen molar-refractivity contribution in [3.8, 4) is 0 Å². The highest BCUT2D eigenvalue weighted by Crippen LogP contribution is 2.49. The van der Waals surface area contributed by atoms with E-state index in [1.165, 1.54) is 0 Å². The topological polar surface area (TPSA) is 106 Å². The number of carboxylic acids is 1. The molecule has 21 heavy (non-hydrogen) atoms. The Hall–Kier alpha value is -1.48. The van der Waals surface area contributed by atoms with Gasteiger partial charge in [0.05, 0.1) is 10.3 Å². The Bertz CT molecular complexity index is 835. The summed E-state index contributed by atoms with van der Waals surface area (Å²) in [5.74, 6) is -2.43. The second-order valence-corrected chi connectivity index (χ2v) is 9.15. The van der Waals surface area contributed by atoms with Gasteiger partial charge in [0, 0.05) is 12.5 Å². The number of halogens is 1. The SMILES string of the molecule is CS(=O)(=O)c1cc(C2(C(=O)O)CC2)cc(F)c1S(C)(=O)=O. The molecule has 0 heterocycles. The van der Waals surface area contributed by atoms with Gasteiger partial charge in [-0.15, -0.1) is 0 Å². The van der Waals surface area contributed by atoms with Crippen molar-refractivity contribution in [2.45, 2.75) is 28.0 Å². The van der Waals surface area contributed by atoms with E-state index in [4.69, 9.17) is 0 Å². The van der Waals surface area contributed by atoms with Gasteiger partial charge in [-0.25, -0.2) is 21.2 Å². The Morgan fingerprint density at radius 1 is 1.14 bits per heavy atom. The normalized spacial score (nSPS) is 17.5. The lowest BCUT2D eigenvalue weighted by molar-refractivity contribution is -0.140. The minimum Gasteiger partial charge on any atom is -0.481 e. The molecule has 0 spiro atoms. The molecule has 0 amide bonds. The van der Waals surface area contributed by atoms with Crippen molar-refractivity contribution in [1.82, 2.24) is 0 Å². The summed E-state index contributed by atoms with van der Waals surface area (Å²) >= 11 is 0. The largest absolute Gasteiger partial charge is 0.481 e. The Kier molecular flexibility index (Phi) is 3.41. The van der Waals surface area contributed by atoms with Crippen molar-refractivity contribution in [1.29, 1.82) is 0 Å². The van der Waals surface area contributed by atoms with Crippen LogP contribution in [-0.4, -0.2) is 40.4 Å². The third-order valence-electron chi connectivity index (χ3n) is 3.49. The zero-order valence-electron chi connectivity index (χ0n) is 11.3. The number of hydrogen-bond donors (Lipinski definition) is 1. The van der Waals surface area contributed by atoms with Gasteiger partial charge >= 0.3 is 5.97 Å². The van der Waals surface area contributed by atoms with E-state index in [0.717, 1.165) is 18.4 Å². The van der Waals surface area contributed by atoms with Crippen LogP contribution in [0.15, 0.2) is 21.9 Å². The van der Waals surface area contributed by atoms with E-state index < -0.39 is 46.7 Å². The number of sulfone groups is 2. The lowest BCUT2D eigenvalue weighted by atomic mass is 9.96. The van der Waals surface area contributed by atoms with Crippen LogP contribution in [0.4, 0.5) is 4.39 Å². The second kappa shape index (κ2) is 4.51. The van der Waals surface area contributed by atoms with Crippen molar-refractivity contribution < 1.29 is 31.1 Å². The highest BCUT2D eigenvalue weighted by molar-refractivity contribution is 7.93. The molecule has 9 heteroatoms. The molecule has 0 aromatic heterocycles. The number of rotatable bonds is 4. The maximum Gasteiger partial charge on any atom is 0.314 e. The van der Waals surface area contributed by atoms with Gasteiger partial charge in [0.2, 0.25) is 0 Å². The average Bonchev–Trinajstić information content (AvgIpc) is 3.05. The van der Waals surface area contributed by atoms with Gasteiger partial charge in [0.25, 0.3) is 0 Å². The third-order valence-corrected chi connectivity index (χ3v) is 5.90. The van der Waals surface area contributed by atoms with E-state index in [0.29, 0.717) is 6.26 Å². The quantitative estimate of drug-likeness (QED) is 0.870. The Morgan fingerprint density at radius 2 is 1.67 bits per heavy atom. The summed E-state index contributed by atoms with van der Waals surface area (Å²) < 4.78 is 60.8. The minimum absolute atomic E-state index is 0.0275. The molecule has 0 bridgehead atoms. The molecule has 1 aromatic carbocycles. The molecule has 1 fully saturated rings. The minimum atomic E-state index is -4.11. The van der Waals surface area contributed by atoms with Gasteiger partial charge in [-0.05, 0) is 30.5 Å². The number of aliphatic carboxylic acids is 1. The van der Waals surface area contributed by atoms with E-state index in [9.17, 15) is 31.1 Å². The van der Waals surface area contributed by atoms with Crippen LogP contribution in [-0.2, 0) is 29.9 Å². The summed E-state index contributed by atoms with van der Waals surface area (Å²) in [6.07, 6.45) is 1.96. The first-order valence-corrected chi connectivity index (χ1v) is 9.65. The summed E-state index contributed by atoms with van der Waals surface area (Å²) in [5, 5.41) is 9.18. The lowest BCUT2D eigenvalue weighted by Crippen LogP contribution is -2.21. The molecule has 1 aliphatic carbocycles. The molecular formula is C12H13FO6S2. The fourth-order valence-electron chi connectivity index (χ4n) is 2.23. The zero-order chi connectivity index (χ0) is 16.2. The van der Waals surface area contributed by atoms with Crippen LogP contribution in [0.2, 0.25) is 0 Å².